The zero-order valence-corrected chi connectivity index (χ0v) is 7.44. The molecule has 0 atom stereocenters. The SMILES string of the molecule is O=c1[nH]cnc2c1nc1c(F)cccn12. The number of fused-ring (bicyclic) bond motifs is 3. The highest BCUT2D eigenvalue weighted by Gasteiger charge is 2.10. The fourth-order valence-corrected chi connectivity index (χ4v) is 1.52. The smallest absolute Gasteiger partial charge is 0.278 e. The van der Waals surface area contributed by atoms with Crippen molar-refractivity contribution in [2.75, 3.05) is 0 Å². The largest absolute Gasteiger partial charge is 0.311 e. The summed E-state index contributed by atoms with van der Waals surface area (Å²) in [5, 5.41) is 0. The molecule has 0 aromatic carbocycles. The van der Waals surface area contributed by atoms with Crippen LogP contribution in [0.5, 0.6) is 0 Å². The van der Waals surface area contributed by atoms with Gasteiger partial charge in [0.2, 0.25) is 0 Å². The predicted molar refractivity (Wildman–Crippen MR) is 51.1 cm³/mol. The van der Waals surface area contributed by atoms with Gasteiger partial charge in [-0.25, -0.2) is 14.4 Å². The quantitative estimate of drug-likeness (QED) is 0.586. The third kappa shape index (κ3) is 0.983. The number of halogens is 1. The topological polar surface area (TPSA) is 63.0 Å². The minimum absolute atomic E-state index is 0.108. The molecule has 0 unspecified atom stereocenters. The van der Waals surface area contributed by atoms with Crippen molar-refractivity contribution in [1.29, 1.82) is 0 Å². The third-order valence-electron chi connectivity index (χ3n) is 2.17. The molecule has 5 nitrogen and oxygen atoms in total. The first kappa shape index (κ1) is 8.10. The van der Waals surface area contributed by atoms with E-state index in [1.807, 2.05) is 0 Å². The standard InChI is InChI=1S/C9H5FN4O/c10-5-2-1-3-14-7(5)13-6-8(14)11-4-12-9(6)15/h1-4H,(H,11,12,15). The molecular formula is C9H5FN4O. The Labute approximate surface area is 82.2 Å². The average Bonchev–Trinajstić information content (AvgIpc) is 2.60. The molecule has 0 amide bonds. The number of imidazole rings is 1. The van der Waals surface area contributed by atoms with E-state index in [-0.39, 0.29) is 16.7 Å². The first-order chi connectivity index (χ1) is 7.27. The Hall–Kier alpha value is -2.24. The molecule has 0 radical (unpaired) electrons. The number of rotatable bonds is 0. The number of H-pyrrole nitrogens is 1. The van der Waals surface area contributed by atoms with Gasteiger partial charge >= 0.3 is 0 Å². The maximum Gasteiger partial charge on any atom is 0.278 e. The summed E-state index contributed by atoms with van der Waals surface area (Å²) in [5.41, 5.74) is 0.232. The highest BCUT2D eigenvalue weighted by Crippen LogP contribution is 2.12. The minimum Gasteiger partial charge on any atom is -0.311 e. The van der Waals surface area contributed by atoms with Crippen molar-refractivity contribution >= 4 is 16.8 Å². The molecule has 3 rings (SSSR count). The molecule has 0 spiro atoms. The van der Waals surface area contributed by atoms with Crippen LogP contribution in [0.15, 0.2) is 29.5 Å². The van der Waals surface area contributed by atoms with Crippen LogP contribution in [0.1, 0.15) is 0 Å². The highest BCUT2D eigenvalue weighted by atomic mass is 19.1. The monoisotopic (exact) mass is 204 g/mol. The molecule has 0 aliphatic rings. The third-order valence-corrected chi connectivity index (χ3v) is 2.17. The molecular weight excluding hydrogens is 199 g/mol. The van der Waals surface area contributed by atoms with E-state index in [0.29, 0.717) is 5.65 Å². The Balaban J connectivity index is 2.69. The molecule has 15 heavy (non-hydrogen) atoms. The Morgan fingerprint density at radius 1 is 1.40 bits per heavy atom. The van der Waals surface area contributed by atoms with Crippen molar-refractivity contribution < 1.29 is 4.39 Å². The van der Waals surface area contributed by atoms with Crippen LogP contribution in [0, 0.1) is 5.82 Å². The van der Waals surface area contributed by atoms with E-state index in [0.717, 1.165) is 0 Å². The predicted octanol–water partition coefficient (Wildman–Crippen LogP) is 0.710. The Kier molecular flexibility index (Phi) is 1.42. The van der Waals surface area contributed by atoms with Crippen molar-refractivity contribution in [2.45, 2.75) is 0 Å². The number of nitrogens with one attached hydrogen (secondary N) is 1. The van der Waals surface area contributed by atoms with Gasteiger partial charge in [-0.1, -0.05) is 0 Å². The summed E-state index contributed by atoms with van der Waals surface area (Å²) in [7, 11) is 0. The zero-order chi connectivity index (χ0) is 10.4. The van der Waals surface area contributed by atoms with Crippen molar-refractivity contribution in [3.8, 4) is 0 Å². The van der Waals surface area contributed by atoms with Gasteiger partial charge in [0.05, 0.1) is 6.33 Å². The van der Waals surface area contributed by atoms with Crippen molar-refractivity contribution in [3.05, 3.63) is 40.8 Å². The van der Waals surface area contributed by atoms with Crippen LogP contribution in [-0.2, 0) is 0 Å². The van der Waals surface area contributed by atoms with E-state index >= 15 is 0 Å². The van der Waals surface area contributed by atoms with E-state index in [1.165, 1.54) is 22.9 Å². The lowest BCUT2D eigenvalue weighted by atomic mass is 10.4. The van der Waals surface area contributed by atoms with Crippen LogP contribution < -0.4 is 5.56 Å². The molecule has 6 heteroatoms. The first-order valence-corrected chi connectivity index (χ1v) is 4.27. The second kappa shape index (κ2) is 2.63. The summed E-state index contributed by atoms with van der Waals surface area (Å²) in [6, 6.07) is 2.82. The lowest BCUT2D eigenvalue weighted by Crippen LogP contribution is -2.06. The number of aromatic nitrogens is 4. The molecule has 3 aromatic heterocycles. The number of nitrogens with zero attached hydrogens (tertiary/aromatic N) is 3. The van der Waals surface area contributed by atoms with Gasteiger partial charge in [-0.05, 0) is 12.1 Å². The van der Waals surface area contributed by atoms with Crippen LogP contribution >= 0.6 is 0 Å². The summed E-state index contributed by atoms with van der Waals surface area (Å²) in [6.07, 6.45) is 2.88. The summed E-state index contributed by atoms with van der Waals surface area (Å²) in [5.74, 6) is -0.477. The van der Waals surface area contributed by atoms with Gasteiger partial charge in [0.25, 0.3) is 5.56 Å². The molecule has 0 saturated heterocycles. The minimum atomic E-state index is -0.477. The van der Waals surface area contributed by atoms with E-state index < -0.39 is 5.82 Å². The van der Waals surface area contributed by atoms with Crippen LogP contribution in [0.2, 0.25) is 0 Å². The first-order valence-electron chi connectivity index (χ1n) is 4.27. The zero-order valence-electron chi connectivity index (χ0n) is 7.44. The number of aromatic amines is 1. The van der Waals surface area contributed by atoms with Gasteiger partial charge < -0.3 is 4.98 Å². The van der Waals surface area contributed by atoms with Gasteiger partial charge in [0.15, 0.2) is 22.6 Å². The van der Waals surface area contributed by atoms with E-state index in [2.05, 4.69) is 15.0 Å². The van der Waals surface area contributed by atoms with Crippen molar-refractivity contribution in [2.24, 2.45) is 0 Å². The molecule has 0 bridgehead atoms. The Morgan fingerprint density at radius 3 is 3.13 bits per heavy atom. The summed E-state index contributed by atoms with van der Waals surface area (Å²) in [6.45, 7) is 0. The lowest BCUT2D eigenvalue weighted by Gasteiger charge is -1.93. The van der Waals surface area contributed by atoms with Crippen molar-refractivity contribution in [1.82, 2.24) is 19.4 Å². The van der Waals surface area contributed by atoms with Crippen LogP contribution in [0.4, 0.5) is 4.39 Å². The van der Waals surface area contributed by atoms with Gasteiger partial charge in [0, 0.05) is 6.20 Å². The molecule has 3 aromatic rings. The van der Waals surface area contributed by atoms with Gasteiger partial charge in [-0.15, -0.1) is 0 Å². The van der Waals surface area contributed by atoms with Crippen molar-refractivity contribution in [3.63, 3.8) is 0 Å². The molecule has 0 aliphatic heterocycles. The van der Waals surface area contributed by atoms with E-state index in [1.54, 1.807) is 6.20 Å². The lowest BCUT2D eigenvalue weighted by molar-refractivity contribution is 0.630. The molecule has 0 fully saturated rings. The van der Waals surface area contributed by atoms with Crippen LogP contribution in [-0.4, -0.2) is 19.4 Å². The Morgan fingerprint density at radius 2 is 2.27 bits per heavy atom. The number of hydrogen-bond acceptors (Lipinski definition) is 3. The highest BCUT2D eigenvalue weighted by molar-refractivity contribution is 5.75. The van der Waals surface area contributed by atoms with Gasteiger partial charge in [-0.2, -0.15) is 0 Å². The summed E-state index contributed by atoms with van der Waals surface area (Å²) >= 11 is 0. The summed E-state index contributed by atoms with van der Waals surface area (Å²) in [4.78, 5) is 21.6. The van der Waals surface area contributed by atoms with E-state index in [4.69, 9.17) is 0 Å². The fraction of sp³-hybridized carbons (Fsp3) is 0. The molecule has 1 N–H and O–H groups in total. The molecule has 3 heterocycles. The number of pyridine rings is 1. The average molecular weight is 204 g/mol. The van der Waals surface area contributed by atoms with Crippen LogP contribution in [0.3, 0.4) is 0 Å². The van der Waals surface area contributed by atoms with Gasteiger partial charge in [-0.3, -0.25) is 9.20 Å². The summed E-state index contributed by atoms with van der Waals surface area (Å²) < 4.78 is 14.8. The number of hydrogen-bond donors (Lipinski definition) is 1. The second-order valence-corrected chi connectivity index (χ2v) is 3.07. The maximum absolute atomic E-state index is 13.3. The second-order valence-electron chi connectivity index (χ2n) is 3.07. The maximum atomic E-state index is 13.3. The molecule has 0 saturated carbocycles. The Bertz CT molecular complexity index is 715. The van der Waals surface area contributed by atoms with E-state index in [9.17, 15) is 9.18 Å². The molecule has 0 aliphatic carbocycles. The fourth-order valence-electron chi connectivity index (χ4n) is 1.52. The van der Waals surface area contributed by atoms with Gasteiger partial charge in [0.1, 0.15) is 0 Å². The van der Waals surface area contributed by atoms with Crippen LogP contribution in [0.25, 0.3) is 16.8 Å². The normalized spacial score (nSPS) is 11.3. The molecule has 74 valence electrons.